The molecule has 0 radical (unpaired) electrons. The van der Waals surface area contributed by atoms with Crippen LogP contribution in [0.4, 0.5) is 0 Å². The fourth-order valence-corrected chi connectivity index (χ4v) is 2.51. The van der Waals surface area contributed by atoms with E-state index in [1.54, 1.807) is 10.7 Å². The average Bonchev–Trinajstić information content (AvgIpc) is 2.70. The second-order valence-electron chi connectivity index (χ2n) is 5.44. The Morgan fingerprint density at radius 3 is 2.45 bits per heavy atom. The summed E-state index contributed by atoms with van der Waals surface area (Å²) in [5.41, 5.74) is 0.885. The minimum atomic E-state index is -3.44. The maximum Gasteiger partial charge on any atom is 0.247 e. The van der Waals surface area contributed by atoms with E-state index in [-0.39, 0.29) is 10.7 Å². The summed E-state index contributed by atoms with van der Waals surface area (Å²) >= 11 is 3.43. The molecule has 20 heavy (non-hydrogen) atoms. The zero-order valence-electron chi connectivity index (χ0n) is 11.6. The second kappa shape index (κ2) is 4.92. The van der Waals surface area contributed by atoms with E-state index in [0.29, 0.717) is 11.4 Å². The highest BCUT2D eigenvalue weighted by Crippen LogP contribution is 2.28. The van der Waals surface area contributed by atoms with Gasteiger partial charge >= 0.3 is 0 Å². The molecule has 8 heteroatoms. The van der Waals surface area contributed by atoms with Gasteiger partial charge in [0, 0.05) is 18.6 Å². The molecule has 0 amide bonds. The van der Waals surface area contributed by atoms with Gasteiger partial charge in [0.05, 0.1) is 15.7 Å². The molecule has 0 saturated carbocycles. The van der Waals surface area contributed by atoms with Crippen LogP contribution in [0, 0.1) is 0 Å². The van der Waals surface area contributed by atoms with Gasteiger partial charge in [-0.2, -0.15) is 5.10 Å². The maximum absolute atomic E-state index is 11.5. The lowest BCUT2D eigenvalue weighted by atomic mass is 10.1. The predicted octanol–water partition coefficient (Wildman–Crippen LogP) is 2.26. The van der Waals surface area contributed by atoms with Crippen LogP contribution in [0.25, 0.3) is 11.4 Å². The molecule has 2 aromatic heterocycles. The Morgan fingerprint density at radius 2 is 1.95 bits per heavy atom. The number of nitrogens with zero attached hydrogens (tertiary/aromatic N) is 4. The summed E-state index contributed by atoms with van der Waals surface area (Å²) in [6.07, 6.45) is 4.34. The summed E-state index contributed by atoms with van der Waals surface area (Å²) in [7, 11) is -3.44. The summed E-state index contributed by atoms with van der Waals surface area (Å²) in [4.78, 5) is 7.84. The topological polar surface area (TPSA) is 77.7 Å². The normalized spacial score (nSPS) is 12.7. The van der Waals surface area contributed by atoms with E-state index >= 15 is 0 Å². The first-order chi connectivity index (χ1) is 9.09. The smallest absolute Gasteiger partial charge is 0.247 e. The Morgan fingerprint density at radius 1 is 1.30 bits per heavy atom. The predicted molar refractivity (Wildman–Crippen MR) is 79.1 cm³/mol. The molecule has 0 bridgehead atoms. The Bertz CT molecular complexity index is 747. The maximum atomic E-state index is 11.5. The van der Waals surface area contributed by atoms with Crippen molar-refractivity contribution in [1.82, 2.24) is 19.7 Å². The van der Waals surface area contributed by atoms with Crippen LogP contribution in [0.2, 0.25) is 0 Å². The molecular weight excluding hydrogens is 344 g/mol. The number of halogens is 1. The largest absolute Gasteiger partial charge is 0.266 e. The second-order valence-corrected chi connectivity index (χ2v) is 8.20. The van der Waals surface area contributed by atoms with Gasteiger partial charge in [-0.25, -0.2) is 18.4 Å². The fraction of sp³-hybridized carbons (Fsp3) is 0.417. The summed E-state index contributed by atoms with van der Waals surface area (Å²) in [6, 6.07) is 1.63. The van der Waals surface area contributed by atoms with E-state index in [1.165, 1.54) is 6.20 Å². The van der Waals surface area contributed by atoms with Gasteiger partial charge in [0.1, 0.15) is 5.69 Å². The zero-order chi connectivity index (χ0) is 15.1. The summed E-state index contributed by atoms with van der Waals surface area (Å²) in [6.45, 7) is 6.08. The molecule has 0 aliphatic heterocycles. The van der Waals surface area contributed by atoms with Gasteiger partial charge < -0.3 is 0 Å². The van der Waals surface area contributed by atoms with Crippen molar-refractivity contribution >= 4 is 25.8 Å². The summed E-state index contributed by atoms with van der Waals surface area (Å²) in [5, 5.41) is 4.26. The van der Waals surface area contributed by atoms with Gasteiger partial charge in [0.25, 0.3) is 0 Å². The van der Waals surface area contributed by atoms with Crippen LogP contribution in [0.3, 0.4) is 0 Å². The lowest BCUT2D eigenvalue weighted by molar-refractivity contribution is 0.356. The van der Waals surface area contributed by atoms with E-state index in [9.17, 15) is 8.42 Å². The minimum absolute atomic E-state index is 0.173. The molecule has 0 aliphatic carbocycles. The van der Waals surface area contributed by atoms with Crippen molar-refractivity contribution < 1.29 is 8.42 Å². The number of rotatable bonds is 2. The van der Waals surface area contributed by atoms with Crippen molar-refractivity contribution in [3.8, 4) is 11.4 Å². The molecule has 2 rings (SSSR count). The van der Waals surface area contributed by atoms with Gasteiger partial charge in [-0.15, -0.1) is 0 Å². The van der Waals surface area contributed by atoms with E-state index in [1.807, 2.05) is 27.0 Å². The van der Waals surface area contributed by atoms with Crippen LogP contribution in [0.5, 0.6) is 0 Å². The number of hydrogen-bond donors (Lipinski definition) is 0. The number of sulfone groups is 1. The molecule has 2 heterocycles. The molecule has 0 fully saturated rings. The lowest BCUT2D eigenvalue weighted by Crippen LogP contribution is -2.22. The zero-order valence-corrected chi connectivity index (χ0v) is 14.0. The van der Waals surface area contributed by atoms with Crippen molar-refractivity contribution in [3.05, 3.63) is 22.9 Å². The van der Waals surface area contributed by atoms with Gasteiger partial charge in [-0.05, 0) is 42.8 Å². The average molecular weight is 359 g/mol. The third-order valence-electron chi connectivity index (χ3n) is 2.56. The Labute approximate surface area is 126 Å². The van der Waals surface area contributed by atoms with Crippen LogP contribution in [-0.2, 0) is 15.4 Å². The van der Waals surface area contributed by atoms with Crippen molar-refractivity contribution in [3.63, 3.8) is 0 Å². The molecule has 2 aromatic rings. The van der Waals surface area contributed by atoms with Gasteiger partial charge in [-0.1, -0.05) is 0 Å². The molecule has 0 aliphatic rings. The van der Waals surface area contributed by atoms with Gasteiger partial charge in [0.2, 0.25) is 15.0 Å². The number of hydrogen-bond acceptors (Lipinski definition) is 5. The van der Waals surface area contributed by atoms with Gasteiger partial charge in [0.15, 0.2) is 0 Å². The molecule has 0 N–H and O–H groups in total. The van der Waals surface area contributed by atoms with E-state index in [0.717, 1.165) is 10.7 Å². The van der Waals surface area contributed by atoms with E-state index < -0.39 is 9.84 Å². The lowest BCUT2D eigenvalue weighted by Gasteiger charge is -2.18. The molecule has 0 spiro atoms. The summed E-state index contributed by atoms with van der Waals surface area (Å²) < 4.78 is 25.6. The van der Waals surface area contributed by atoms with Crippen molar-refractivity contribution in [1.29, 1.82) is 0 Å². The standard InChI is InChI=1S/C12H15BrN4O2S/c1-12(2,3)17-7-8(13)10(16-17)9-5-6-14-11(15-9)20(4,18)19/h5-7H,1-4H3. The van der Waals surface area contributed by atoms with Crippen LogP contribution < -0.4 is 0 Å². The van der Waals surface area contributed by atoms with E-state index in [2.05, 4.69) is 31.0 Å². The van der Waals surface area contributed by atoms with Crippen LogP contribution >= 0.6 is 15.9 Å². The third kappa shape index (κ3) is 3.06. The quantitative estimate of drug-likeness (QED) is 0.769. The molecule has 0 unspecified atom stereocenters. The summed E-state index contributed by atoms with van der Waals surface area (Å²) in [5.74, 6) is 0. The molecule has 108 valence electrons. The molecule has 6 nitrogen and oxygen atoms in total. The highest BCUT2D eigenvalue weighted by atomic mass is 79.9. The van der Waals surface area contributed by atoms with E-state index in [4.69, 9.17) is 0 Å². The SMILES string of the molecule is CC(C)(C)n1cc(Br)c(-c2ccnc(S(C)(=O)=O)n2)n1. The number of aromatic nitrogens is 4. The molecule has 0 atom stereocenters. The minimum Gasteiger partial charge on any atom is -0.266 e. The Hall–Kier alpha value is -1.28. The fourth-order valence-electron chi connectivity index (χ4n) is 1.52. The first-order valence-electron chi connectivity index (χ1n) is 5.88. The van der Waals surface area contributed by atoms with Gasteiger partial charge in [-0.3, -0.25) is 4.68 Å². The van der Waals surface area contributed by atoms with Crippen molar-refractivity contribution in [2.75, 3.05) is 6.26 Å². The molecular formula is C12H15BrN4O2S. The van der Waals surface area contributed by atoms with Crippen LogP contribution in [0.15, 0.2) is 28.1 Å². The van der Waals surface area contributed by atoms with Crippen molar-refractivity contribution in [2.45, 2.75) is 31.5 Å². The van der Waals surface area contributed by atoms with Crippen LogP contribution in [0.1, 0.15) is 20.8 Å². The first kappa shape index (κ1) is 15.1. The van der Waals surface area contributed by atoms with Crippen LogP contribution in [-0.4, -0.2) is 34.4 Å². The monoisotopic (exact) mass is 358 g/mol. The highest BCUT2D eigenvalue weighted by molar-refractivity contribution is 9.10. The highest BCUT2D eigenvalue weighted by Gasteiger charge is 2.20. The van der Waals surface area contributed by atoms with Crippen molar-refractivity contribution in [2.24, 2.45) is 0 Å². The molecule has 0 aromatic carbocycles. The Balaban J connectivity index is 2.56. The first-order valence-corrected chi connectivity index (χ1v) is 8.56. The third-order valence-corrected chi connectivity index (χ3v) is 4.00. The molecule has 0 saturated heterocycles. The Kier molecular flexibility index (Phi) is 3.72.